The van der Waals surface area contributed by atoms with Crippen molar-refractivity contribution in [1.82, 2.24) is 34.4 Å². The number of carbonyl (C=O) groups excluding carboxylic acids is 2. The van der Waals surface area contributed by atoms with Crippen LogP contribution in [-0.2, 0) is 13.0 Å². The number of fused-ring (bicyclic) bond motifs is 2. The van der Waals surface area contributed by atoms with Crippen molar-refractivity contribution in [3.8, 4) is 0 Å². The van der Waals surface area contributed by atoms with Crippen LogP contribution in [0.2, 0.25) is 0 Å². The normalized spacial score (nSPS) is 13.1. The van der Waals surface area contributed by atoms with Gasteiger partial charge in [-0.05, 0) is 49.7 Å². The Morgan fingerprint density at radius 3 is 2.59 bits per heavy atom. The molecular weight excluding hydrogens is 563 g/mol. The number of halogens is 2. The number of aromatic nitrogens is 5. The first kappa shape index (κ1) is 30.0. The predicted molar refractivity (Wildman–Crippen MR) is 164 cm³/mol. The van der Waals surface area contributed by atoms with Crippen molar-refractivity contribution in [3.63, 3.8) is 0 Å². The van der Waals surface area contributed by atoms with Crippen LogP contribution in [0.3, 0.4) is 0 Å². The third-order valence-electron chi connectivity index (χ3n) is 7.09. The first-order valence-electron chi connectivity index (χ1n) is 13.2. The number of hydrogen-bond acceptors (Lipinski definition) is 6. The SMILES string of the molecule is CCc1nn(Cc2cccc(C)n2)c2cccc(NC(=O)c3cnc4cc(C(=O)N5CCNCC5)ccn34)c12.Cl.Cl. The summed E-state index contributed by atoms with van der Waals surface area (Å²) in [5.41, 5.74) is 5.92. The molecule has 2 N–H and O–H groups in total. The van der Waals surface area contributed by atoms with Gasteiger partial charge >= 0.3 is 0 Å². The van der Waals surface area contributed by atoms with Crippen LogP contribution in [0.4, 0.5) is 5.69 Å². The second kappa shape index (κ2) is 12.7. The monoisotopic (exact) mass is 594 g/mol. The number of benzene rings is 1. The van der Waals surface area contributed by atoms with Crippen molar-refractivity contribution in [3.05, 3.63) is 89.3 Å². The third kappa shape index (κ3) is 5.90. The minimum absolute atomic E-state index is 0. The number of nitrogens with zero attached hydrogens (tertiary/aromatic N) is 6. The summed E-state index contributed by atoms with van der Waals surface area (Å²) >= 11 is 0. The molecule has 4 aromatic heterocycles. The summed E-state index contributed by atoms with van der Waals surface area (Å²) in [4.78, 5) is 37.2. The van der Waals surface area contributed by atoms with E-state index in [4.69, 9.17) is 5.10 Å². The van der Waals surface area contributed by atoms with Gasteiger partial charge in [0.1, 0.15) is 11.3 Å². The van der Waals surface area contributed by atoms with Crippen molar-refractivity contribution in [1.29, 1.82) is 0 Å². The zero-order chi connectivity index (χ0) is 26.9. The molecule has 5 aromatic rings. The van der Waals surface area contributed by atoms with E-state index in [1.54, 1.807) is 22.7 Å². The number of aryl methyl sites for hydroxylation is 2. The lowest BCUT2D eigenvalue weighted by Gasteiger charge is -2.27. The number of piperazine rings is 1. The van der Waals surface area contributed by atoms with Gasteiger partial charge in [0, 0.05) is 49.0 Å². The highest BCUT2D eigenvalue weighted by Crippen LogP contribution is 2.28. The fourth-order valence-corrected chi connectivity index (χ4v) is 5.14. The Kier molecular flexibility index (Phi) is 9.27. The summed E-state index contributed by atoms with van der Waals surface area (Å²) in [5.74, 6) is -0.309. The lowest BCUT2D eigenvalue weighted by molar-refractivity contribution is 0.0735. The minimum atomic E-state index is -0.286. The largest absolute Gasteiger partial charge is 0.336 e. The molecule has 1 saturated heterocycles. The summed E-state index contributed by atoms with van der Waals surface area (Å²) in [6, 6.07) is 15.3. The Balaban J connectivity index is 0.00000194. The van der Waals surface area contributed by atoms with E-state index in [2.05, 4.69) is 27.5 Å². The number of anilines is 1. The Morgan fingerprint density at radius 2 is 1.83 bits per heavy atom. The molecule has 1 aliphatic heterocycles. The van der Waals surface area contributed by atoms with Crippen LogP contribution in [0, 0.1) is 6.92 Å². The predicted octanol–water partition coefficient (Wildman–Crippen LogP) is 4.14. The van der Waals surface area contributed by atoms with Gasteiger partial charge in [-0.1, -0.05) is 19.1 Å². The number of carbonyl (C=O) groups is 2. The van der Waals surface area contributed by atoms with Gasteiger partial charge in [-0.15, -0.1) is 24.8 Å². The quantitative estimate of drug-likeness (QED) is 0.306. The summed E-state index contributed by atoms with van der Waals surface area (Å²) in [6.45, 7) is 7.50. The van der Waals surface area contributed by atoms with E-state index in [9.17, 15) is 9.59 Å². The summed E-state index contributed by atoms with van der Waals surface area (Å²) in [6.07, 6.45) is 3.99. The Hall–Kier alpha value is -3.99. The zero-order valence-corrected chi connectivity index (χ0v) is 24.5. The van der Waals surface area contributed by atoms with Crippen molar-refractivity contribution < 1.29 is 9.59 Å². The number of rotatable bonds is 6. The molecule has 2 amide bonds. The molecule has 0 unspecified atom stereocenters. The Morgan fingerprint density at radius 1 is 1.05 bits per heavy atom. The molecule has 6 rings (SSSR count). The molecule has 12 heteroatoms. The van der Waals surface area contributed by atoms with Gasteiger partial charge in [-0.25, -0.2) is 4.98 Å². The fourth-order valence-electron chi connectivity index (χ4n) is 5.14. The Bertz CT molecular complexity index is 1710. The molecule has 41 heavy (non-hydrogen) atoms. The van der Waals surface area contributed by atoms with E-state index < -0.39 is 0 Å². The van der Waals surface area contributed by atoms with Gasteiger partial charge in [0.25, 0.3) is 11.8 Å². The van der Waals surface area contributed by atoms with Crippen LogP contribution >= 0.6 is 24.8 Å². The van der Waals surface area contributed by atoms with E-state index in [-0.39, 0.29) is 36.6 Å². The zero-order valence-electron chi connectivity index (χ0n) is 22.8. The smallest absolute Gasteiger partial charge is 0.274 e. The summed E-state index contributed by atoms with van der Waals surface area (Å²) < 4.78 is 3.65. The maximum atomic E-state index is 13.4. The number of imidazole rings is 1. The minimum Gasteiger partial charge on any atom is -0.336 e. The van der Waals surface area contributed by atoms with E-state index in [0.29, 0.717) is 42.2 Å². The van der Waals surface area contributed by atoms with E-state index in [1.807, 2.05) is 52.9 Å². The molecule has 214 valence electrons. The van der Waals surface area contributed by atoms with Gasteiger partial charge in [-0.2, -0.15) is 5.10 Å². The van der Waals surface area contributed by atoms with Gasteiger partial charge in [0.05, 0.1) is 35.3 Å². The summed E-state index contributed by atoms with van der Waals surface area (Å²) in [7, 11) is 0. The molecule has 0 aliphatic carbocycles. The topological polar surface area (TPSA) is 109 Å². The van der Waals surface area contributed by atoms with Crippen LogP contribution in [0.15, 0.2) is 60.9 Å². The first-order valence-corrected chi connectivity index (χ1v) is 13.2. The first-order chi connectivity index (χ1) is 19.0. The second-order valence-corrected chi connectivity index (χ2v) is 9.71. The molecule has 5 heterocycles. The molecule has 0 spiro atoms. The highest BCUT2D eigenvalue weighted by molar-refractivity contribution is 6.09. The van der Waals surface area contributed by atoms with Crippen LogP contribution in [0.5, 0.6) is 0 Å². The molecular formula is C29H32Cl2N8O2. The second-order valence-electron chi connectivity index (χ2n) is 9.71. The van der Waals surface area contributed by atoms with Crippen LogP contribution in [-0.4, -0.2) is 67.0 Å². The molecule has 0 saturated carbocycles. The standard InChI is InChI=1S/C29H30N8O2.2ClH/c1-3-22-27-23(8-5-9-24(27)37(34-22)18-21-7-4-6-19(2)32-21)33-28(38)25-17-31-26-16-20(10-13-36(25)26)29(39)35-14-11-30-12-15-35;;/h4-10,13,16-17,30H,3,11-12,14-15,18H2,1-2H3,(H,33,38);2*1H. The van der Waals surface area contributed by atoms with Crippen LogP contribution < -0.4 is 10.6 Å². The van der Waals surface area contributed by atoms with Crippen molar-refractivity contribution in [2.24, 2.45) is 0 Å². The van der Waals surface area contributed by atoms with Crippen LogP contribution in [0.1, 0.15) is 44.9 Å². The molecule has 10 nitrogen and oxygen atoms in total. The molecule has 0 atom stereocenters. The van der Waals surface area contributed by atoms with Crippen molar-refractivity contribution in [2.45, 2.75) is 26.8 Å². The highest BCUT2D eigenvalue weighted by Gasteiger charge is 2.21. The average Bonchev–Trinajstić information content (AvgIpc) is 3.55. The lowest BCUT2D eigenvalue weighted by Crippen LogP contribution is -2.46. The maximum absolute atomic E-state index is 13.4. The number of pyridine rings is 2. The molecule has 1 aliphatic rings. The maximum Gasteiger partial charge on any atom is 0.274 e. The van der Waals surface area contributed by atoms with Crippen molar-refractivity contribution in [2.75, 3.05) is 31.5 Å². The fraction of sp³-hybridized carbons (Fsp3) is 0.276. The summed E-state index contributed by atoms with van der Waals surface area (Å²) in [5, 5.41) is 12.1. The number of amides is 2. The van der Waals surface area contributed by atoms with Crippen molar-refractivity contribution >= 4 is 58.9 Å². The highest BCUT2D eigenvalue weighted by atomic mass is 35.5. The lowest BCUT2D eigenvalue weighted by atomic mass is 10.1. The number of nitrogens with one attached hydrogen (secondary N) is 2. The van der Waals surface area contributed by atoms with Gasteiger partial charge in [0.2, 0.25) is 0 Å². The van der Waals surface area contributed by atoms with E-state index >= 15 is 0 Å². The third-order valence-corrected chi connectivity index (χ3v) is 7.09. The van der Waals surface area contributed by atoms with E-state index in [0.717, 1.165) is 47.5 Å². The van der Waals surface area contributed by atoms with Crippen LogP contribution in [0.25, 0.3) is 16.6 Å². The van der Waals surface area contributed by atoms with Gasteiger partial charge in [0.15, 0.2) is 0 Å². The Labute approximate surface area is 250 Å². The average molecular weight is 596 g/mol. The molecule has 1 fully saturated rings. The van der Waals surface area contributed by atoms with Gasteiger partial charge < -0.3 is 15.5 Å². The molecule has 0 radical (unpaired) electrons. The number of hydrogen-bond donors (Lipinski definition) is 2. The van der Waals surface area contributed by atoms with Gasteiger partial charge in [-0.3, -0.25) is 23.7 Å². The van der Waals surface area contributed by atoms with E-state index in [1.165, 1.54) is 6.20 Å². The molecule has 0 bridgehead atoms. The molecule has 1 aromatic carbocycles.